The van der Waals surface area contributed by atoms with Gasteiger partial charge in [0.2, 0.25) is 0 Å². The average molecular weight is 329 g/mol. The first kappa shape index (κ1) is 17.9. The topological polar surface area (TPSA) is 36.7 Å². The van der Waals surface area contributed by atoms with Crippen molar-refractivity contribution in [1.82, 2.24) is 4.98 Å². The van der Waals surface area contributed by atoms with Crippen molar-refractivity contribution in [3.63, 3.8) is 0 Å². The van der Waals surface area contributed by atoms with E-state index in [2.05, 4.69) is 39.8 Å². The van der Waals surface area contributed by atoms with Crippen molar-refractivity contribution in [3.05, 3.63) is 28.3 Å². The number of fused-ring (bicyclic) bond motifs is 2. The lowest BCUT2D eigenvalue weighted by Gasteiger charge is -2.40. The van der Waals surface area contributed by atoms with Gasteiger partial charge in [0.25, 0.3) is 0 Å². The van der Waals surface area contributed by atoms with Gasteiger partial charge in [0, 0.05) is 11.1 Å². The summed E-state index contributed by atoms with van der Waals surface area (Å²) in [6.07, 6.45) is 3.43. The molecule has 0 saturated carbocycles. The number of nitriles is 1. The highest BCUT2D eigenvalue weighted by molar-refractivity contribution is 7.19. The molecule has 0 saturated heterocycles. The van der Waals surface area contributed by atoms with Crippen LogP contribution in [0.1, 0.15) is 64.1 Å². The van der Waals surface area contributed by atoms with E-state index >= 15 is 0 Å². The van der Waals surface area contributed by atoms with Crippen LogP contribution in [0.15, 0.2) is 12.1 Å². The SMILES string of the molecule is CC.CCC1Cc2nc3sc(C#N)cc3cc2CC1C(C)(C)C. The number of aromatic nitrogens is 1. The summed E-state index contributed by atoms with van der Waals surface area (Å²) in [5.74, 6) is 1.43. The third-order valence-corrected chi connectivity index (χ3v) is 5.84. The molecule has 2 aromatic heterocycles. The first-order chi connectivity index (χ1) is 10.9. The average Bonchev–Trinajstić information content (AvgIpc) is 2.94. The normalized spacial score (nSPS) is 20.4. The minimum atomic E-state index is 0.333. The van der Waals surface area contributed by atoms with Gasteiger partial charge in [-0.1, -0.05) is 48.0 Å². The Kier molecular flexibility index (Phi) is 5.47. The van der Waals surface area contributed by atoms with Crippen LogP contribution in [0.3, 0.4) is 0 Å². The van der Waals surface area contributed by atoms with E-state index < -0.39 is 0 Å². The number of hydrogen-bond acceptors (Lipinski definition) is 3. The van der Waals surface area contributed by atoms with E-state index in [1.54, 1.807) is 0 Å². The molecule has 3 heteroatoms. The fourth-order valence-electron chi connectivity index (χ4n) is 3.70. The molecule has 2 atom stereocenters. The Bertz CT molecular complexity index is 716. The fraction of sp³-hybridized carbons (Fsp3) is 0.600. The van der Waals surface area contributed by atoms with Gasteiger partial charge in [-0.2, -0.15) is 5.26 Å². The zero-order chi connectivity index (χ0) is 17.2. The smallest absolute Gasteiger partial charge is 0.124 e. The summed E-state index contributed by atoms with van der Waals surface area (Å²) in [5, 5.41) is 10.2. The zero-order valence-corrected chi connectivity index (χ0v) is 16.0. The zero-order valence-electron chi connectivity index (χ0n) is 15.2. The van der Waals surface area contributed by atoms with Crippen molar-refractivity contribution in [2.24, 2.45) is 17.3 Å². The van der Waals surface area contributed by atoms with Gasteiger partial charge in [-0.3, -0.25) is 0 Å². The number of thiophene rings is 1. The molecule has 1 aliphatic carbocycles. The maximum absolute atomic E-state index is 9.07. The van der Waals surface area contributed by atoms with Crippen molar-refractivity contribution in [1.29, 1.82) is 5.26 Å². The molecule has 3 rings (SSSR count). The second-order valence-electron chi connectivity index (χ2n) is 7.26. The molecule has 23 heavy (non-hydrogen) atoms. The summed E-state index contributed by atoms with van der Waals surface area (Å²) in [6, 6.07) is 6.49. The summed E-state index contributed by atoms with van der Waals surface area (Å²) in [6.45, 7) is 13.4. The molecule has 1 aliphatic rings. The Morgan fingerprint density at radius 2 is 1.96 bits per heavy atom. The van der Waals surface area contributed by atoms with E-state index in [-0.39, 0.29) is 0 Å². The Labute approximate surface area is 144 Å². The van der Waals surface area contributed by atoms with E-state index in [0.29, 0.717) is 11.3 Å². The van der Waals surface area contributed by atoms with E-state index in [4.69, 9.17) is 10.2 Å². The Hall–Kier alpha value is -1.40. The van der Waals surface area contributed by atoms with E-state index in [9.17, 15) is 0 Å². The van der Waals surface area contributed by atoms with Crippen LogP contribution < -0.4 is 0 Å². The van der Waals surface area contributed by atoms with Gasteiger partial charge >= 0.3 is 0 Å². The predicted octanol–water partition coefficient (Wildman–Crippen LogP) is 5.98. The highest BCUT2D eigenvalue weighted by atomic mass is 32.1. The first-order valence-corrected chi connectivity index (χ1v) is 9.56. The second kappa shape index (κ2) is 7.01. The maximum atomic E-state index is 9.07. The molecule has 0 N–H and O–H groups in total. The summed E-state index contributed by atoms with van der Waals surface area (Å²) < 4.78 is 0. The van der Waals surface area contributed by atoms with Crippen LogP contribution >= 0.6 is 11.3 Å². The molecule has 0 aliphatic heterocycles. The summed E-state index contributed by atoms with van der Waals surface area (Å²) in [5.41, 5.74) is 3.00. The van der Waals surface area contributed by atoms with E-state index in [1.807, 2.05) is 19.9 Å². The van der Waals surface area contributed by atoms with Crippen LogP contribution in [-0.4, -0.2) is 4.98 Å². The van der Waals surface area contributed by atoms with Gasteiger partial charge in [0.1, 0.15) is 15.8 Å². The molecule has 0 amide bonds. The second-order valence-corrected chi connectivity index (χ2v) is 8.29. The van der Waals surface area contributed by atoms with E-state index in [1.165, 1.54) is 29.0 Å². The van der Waals surface area contributed by atoms with Gasteiger partial charge in [-0.15, -0.1) is 11.3 Å². The summed E-state index contributed by atoms with van der Waals surface area (Å²) in [7, 11) is 0. The minimum absolute atomic E-state index is 0.333. The monoisotopic (exact) mass is 328 g/mol. The van der Waals surface area contributed by atoms with Gasteiger partial charge < -0.3 is 0 Å². The highest BCUT2D eigenvalue weighted by Crippen LogP contribution is 2.42. The number of rotatable bonds is 1. The van der Waals surface area contributed by atoms with Crippen LogP contribution in [0.25, 0.3) is 10.2 Å². The predicted molar refractivity (Wildman–Crippen MR) is 99.8 cm³/mol. The lowest BCUT2D eigenvalue weighted by atomic mass is 9.65. The molecule has 0 aromatic carbocycles. The Morgan fingerprint density at radius 1 is 1.26 bits per heavy atom. The lowest BCUT2D eigenvalue weighted by molar-refractivity contribution is 0.140. The molecule has 2 nitrogen and oxygen atoms in total. The van der Waals surface area contributed by atoms with Crippen molar-refractivity contribution >= 4 is 21.6 Å². The lowest BCUT2D eigenvalue weighted by Crippen LogP contribution is -2.35. The molecule has 0 bridgehead atoms. The molecule has 2 aromatic rings. The van der Waals surface area contributed by atoms with Crippen molar-refractivity contribution in [2.45, 2.75) is 60.8 Å². The van der Waals surface area contributed by atoms with Crippen LogP contribution in [0.4, 0.5) is 0 Å². The molecule has 2 heterocycles. The third-order valence-electron chi connectivity index (χ3n) is 4.89. The standard InChI is InChI=1S/C18H22N2S.C2H6/c1-5-11-9-16-12(8-15(11)18(2,3)4)6-13-7-14(10-19)21-17(13)20-16;1-2/h6-7,11,15H,5,8-9H2,1-4H3;1-2H3. The summed E-state index contributed by atoms with van der Waals surface area (Å²) in [4.78, 5) is 6.65. The van der Waals surface area contributed by atoms with Crippen LogP contribution in [0, 0.1) is 28.6 Å². The molecule has 0 fully saturated rings. The Morgan fingerprint density at radius 3 is 2.52 bits per heavy atom. The number of pyridine rings is 1. The van der Waals surface area contributed by atoms with Crippen molar-refractivity contribution < 1.29 is 0 Å². The first-order valence-electron chi connectivity index (χ1n) is 8.74. The largest absolute Gasteiger partial charge is 0.242 e. The molecule has 0 spiro atoms. The van der Waals surface area contributed by atoms with E-state index in [0.717, 1.165) is 33.9 Å². The molecule has 2 unspecified atom stereocenters. The van der Waals surface area contributed by atoms with Crippen molar-refractivity contribution in [3.8, 4) is 6.07 Å². The fourth-order valence-corrected chi connectivity index (χ4v) is 4.53. The van der Waals surface area contributed by atoms with Gasteiger partial charge in [0.05, 0.1) is 0 Å². The van der Waals surface area contributed by atoms with Crippen LogP contribution in [0.2, 0.25) is 0 Å². The number of nitrogens with zero attached hydrogens (tertiary/aromatic N) is 2. The molecule has 0 radical (unpaired) electrons. The molecule has 124 valence electrons. The van der Waals surface area contributed by atoms with Gasteiger partial charge in [0.15, 0.2) is 0 Å². The summed E-state index contributed by atoms with van der Waals surface area (Å²) >= 11 is 1.51. The van der Waals surface area contributed by atoms with Gasteiger partial charge in [-0.05, 0) is 47.8 Å². The Balaban J connectivity index is 0.000000924. The van der Waals surface area contributed by atoms with Crippen molar-refractivity contribution in [2.75, 3.05) is 0 Å². The van der Waals surface area contributed by atoms with Crippen LogP contribution in [-0.2, 0) is 12.8 Å². The quantitative estimate of drug-likeness (QED) is 0.645. The highest BCUT2D eigenvalue weighted by Gasteiger charge is 2.36. The molecular weight excluding hydrogens is 300 g/mol. The molecular formula is C20H28N2S. The van der Waals surface area contributed by atoms with Gasteiger partial charge in [-0.25, -0.2) is 4.98 Å². The maximum Gasteiger partial charge on any atom is 0.124 e. The number of hydrogen-bond donors (Lipinski definition) is 0. The third kappa shape index (κ3) is 3.58. The van der Waals surface area contributed by atoms with Crippen LogP contribution in [0.5, 0.6) is 0 Å². The minimum Gasteiger partial charge on any atom is -0.242 e.